The Hall–Kier alpha value is -2.82. The number of anilines is 1. The molecule has 2 rings (SSSR count). The summed E-state index contributed by atoms with van der Waals surface area (Å²) in [5.41, 5.74) is 1.39. The highest BCUT2D eigenvalue weighted by Gasteiger charge is 2.10. The van der Waals surface area contributed by atoms with Crippen LogP contribution < -0.4 is 10.1 Å². The number of methoxy groups -OCH3 is 1. The molecule has 0 aliphatic heterocycles. The number of hydrogen-bond donors (Lipinski definition) is 1. The van der Waals surface area contributed by atoms with E-state index in [4.69, 9.17) is 9.47 Å². The van der Waals surface area contributed by atoms with E-state index in [1.54, 1.807) is 62.6 Å². The zero-order chi connectivity index (χ0) is 15.9. The summed E-state index contributed by atoms with van der Waals surface area (Å²) >= 11 is 0. The number of carbonyl (C=O) groups is 2. The zero-order valence-electron chi connectivity index (χ0n) is 12.5. The van der Waals surface area contributed by atoms with Crippen LogP contribution >= 0.6 is 0 Å². The minimum atomic E-state index is -0.417. The molecule has 114 valence electrons. The van der Waals surface area contributed by atoms with Gasteiger partial charge >= 0.3 is 5.97 Å². The van der Waals surface area contributed by atoms with Gasteiger partial charge in [-0.25, -0.2) is 4.79 Å². The first-order valence-electron chi connectivity index (χ1n) is 6.86. The molecule has 0 saturated heterocycles. The summed E-state index contributed by atoms with van der Waals surface area (Å²) in [4.78, 5) is 23.9. The van der Waals surface area contributed by atoms with Gasteiger partial charge in [0.2, 0.25) is 0 Å². The Balaban J connectivity index is 2.14. The highest BCUT2D eigenvalue weighted by Crippen LogP contribution is 2.16. The lowest BCUT2D eigenvalue weighted by Crippen LogP contribution is -2.13. The molecule has 1 amide bonds. The molecule has 5 heteroatoms. The molecule has 2 aromatic carbocycles. The minimum absolute atomic E-state index is 0.278. The van der Waals surface area contributed by atoms with Gasteiger partial charge in [-0.1, -0.05) is 12.1 Å². The number of rotatable bonds is 5. The fourth-order valence-corrected chi connectivity index (χ4v) is 1.91. The van der Waals surface area contributed by atoms with Crippen molar-refractivity contribution in [3.8, 4) is 5.75 Å². The van der Waals surface area contributed by atoms with Crippen molar-refractivity contribution in [1.82, 2.24) is 0 Å². The first-order valence-corrected chi connectivity index (χ1v) is 6.86. The summed E-state index contributed by atoms with van der Waals surface area (Å²) in [6, 6.07) is 13.4. The molecule has 0 bridgehead atoms. The average molecular weight is 299 g/mol. The summed E-state index contributed by atoms with van der Waals surface area (Å²) in [7, 11) is 1.54. The van der Waals surface area contributed by atoms with Crippen LogP contribution in [0.15, 0.2) is 48.5 Å². The van der Waals surface area contributed by atoms with E-state index in [-0.39, 0.29) is 5.91 Å². The smallest absolute Gasteiger partial charge is 0.338 e. The average Bonchev–Trinajstić information content (AvgIpc) is 2.55. The molecule has 0 aliphatic rings. The van der Waals surface area contributed by atoms with Crippen LogP contribution in [0.25, 0.3) is 0 Å². The third kappa shape index (κ3) is 3.85. The van der Waals surface area contributed by atoms with Crippen LogP contribution in [0.3, 0.4) is 0 Å². The van der Waals surface area contributed by atoms with E-state index in [1.165, 1.54) is 0 Å². The second-order valence-corrected chi connectivity index (χ2v) is 4.49. The van der Waals surface area contributed by atoms with E-state index in [9.17, 15) is 9.59 Å². The maximum atomic E-state index is 12.2. The van der Waals surface area contributed by atoms with Gasteiger partial charge in [0.1, 0.15) is 5.75 Å². The lowest BCUT2D eigenvalue weighted by molar-refractivity contribution is 0.0526. The monoisotopic (exact) mass is 299 g/mol. The van der Waals surface area contributed by atoms with Gasteiger partial charge in [0.05, 0.1) is 19.3 Å². The van der Waals surface area contributed by atoms with E-state index >= 15 is 0 Å². The fourth-order valence-electron chi connectivity index (χ4n) is 1.91. The molecule has 22 heavy (non-hydrogen) atoms. The molecule has 0 heterocycles. The van der Waals surface area contributed by atoms with Crippen molar-refractivity contribution in [2.24, 2.45) is 0 Å². The Bertz CT molecular complexity index is 682. The van der Waals surface area contributed by atoms with Gasteiger partial charge < -0.3 is 14.8 Å². The van der Waals surface area contributed by atoms with Gasteiger partial charge in [-0.15, -0.1) is 0 Å². The number of hydrogen-bond acceptors (Lipinski definition) is 4. The zero-order valence-corrected chi connectivity index (χ0v) is 12.5. The number of nitrogens with one attached hydrogen (secondary N) is 1. The van der Waals surface area contributed by atoms with E-state index in [1.807, 2.05) is 0 Å². The Morgan fingerprint density at radius 2 is 1.77 bits per heavy atom. The third-order valence-corrected chi connectivity index (χ3v) is 2.96. The van der Waals surface area contributed by atoms with Crippen molar-refractivity contribution in [2.75, 3.05) is 19.0 Å². The van der Waals surface area contributed by atoms with Gasteiger partial charge in [0.15, 0.2) is 0 Å². The second kappa shape index (κ2) is 7.26. The van der Waals surface area contributed by atoms with Crippen molar-refractivity contribution in [3.05, 3.63) is 59.7 Å². The molecular formula is C17H17NO4. The molecule has 0 radical (unpaired) electrons. The Morgan fingerprint density at radius 1 is 1.05 bits per heavy atom. The largest absolute Gasteiger partial charge is 0.497 e. The number of benzene rings is 2. The Morgan fingerprint density at radius 3 is 2.50 bits per heavy atom. The highest BCUT2D eigenvalue weighted by molar-refractivity contribution is 6.05. The molecule has 1 N–H and O–H groups in total. The first kappa shape index (κ1) is 15.6. The van der Waals surface area contributed by atoms with Crippen LogP contribution in [0, 0.1) is 0 Å². The Labute approximate surface area is 128 Å². The van der Waals surface area contributed by atoms with Crippen LogP contribution in [0.5, 0.6) is 5.75 Å². The maximum absolute atomic E-state index is 12.2. The van der Waals surface area contributed by atoms with Gasteiger partial charge in [-0.3, -0.25) is 4.79 Å². The molecule has 0 atom stereocenters. The Kier molecular flexibility index (Phi) is 5.14. The minimum Gasteiger partial charge on any atom is -0.497 e. The summed E-state index contributed by atoms with van der Waals surface area (Å²) in [5.74, 6) is -0.0900. The summed E-state index contributed by atoms with van der Waals surface area (Å²) in [6.45, 7) is 2.05. The predicted octanol–water partition coefficient (Wildman–Crippen LogP) is 3.12. The van der Waals surface area contributed by atoms with Crippen molar-refractivity contribution >= 4 is 17.6 Å². The fraction of sp³-hybridized carbons (Fsp3) is 0.176. The van der Waals surface area contributed by atoms with Crippen molar-refractivity contribution < 1.29 is 19.1 Å². The number of amides is 1. The highest BCUT2D eigenvalue weighted by atomic mass is 16.5. The van der Waals surface area contributed by atoms with Crippen LogP contribution in [0.4, 0.5) is 5.69 Å². The summed E-state index contributed by atoms with van der Waals surface area (Å²) in [5, 5.41) is 2.74. The quantitative estimate of drug-likeness (QED) is 0.862. The molecule has 0 saturated carbocycles. The van der Waals surface area contributed by atoms with Crippen LogP contribution in [-0.2, 0) is 4.74 Å². The van der Waals surface area contributed by atoms with Gasteiger partial charge in [-0.2, -0.15) is 0 Å². The predicted molar refractivity (Wildman–Crippen MR) is 83.3 cm³/mol. The van der Waals surface area contributed by atoms with Crippen molar-refractivity contribution in [1.29, 1.82) is 0 Å². The lowest BCUT2D eigenvalue weighted by Gasteiger charge is -2.08. The van der Waals surface area contributed by atoms with Crippen molar-refractivity contribution in [2.45, 2.75) is 6.92 Å². The van der Waals surface area contributed by atoms with E-state index < -0.39 is 5.97 Å². The van der Waals surface area contributed by atoms with Crippen LogP contribution in [0.2, 0.25) is 0 Å². The number of carbonyl (C=O) groups excluding carboxylic acids is 2. The SMILES string of the molecule is CCOC(=O)c1cccc(NC(=O)c2cccc(OC)c2)c1. The third-order valence-electron chi connectivity index (χ3n) is 2.96. The molecule has 0 spiro atoms. The molecule has 0 aromatic heterocycles. The molecule has 0 unspecified atom stereocenters. The first-order chi connectivity index (χ1) is 10.6. The normalized spacial score (nSPS) is 9.91. The molecular weight excluding hydrogens is 282 g/mol. The maximum Gasteiger partial charge on any atom is 0.338 e. The summed E-state index contributed by atoms with van der Waals surface area (Å²) < 4.78 is 10.0. The number of ether oxygens (including phenoxy) is 2. The van der Waals surface area contributed by atoms with Gasteiger partial charge in [0.25, 0.3) is 5.91 Å². The van der Waals surface area contributed by atoms with E-state index in [0.717, 1.165) is 0 Å². The van der Waals surface area contributed by atoms with E-state index in [0.29, 0.717) is 29.2 Å². The molecule has 5 nitrogen and oxygen atoms in total. The summed E-state index contributed by atoms with van der Waals surface area (Å²) in [6.07, 6.45) is 0. The molecule has 0 fully saturated rings. The van der Waals surface area contributed by atoms with Gasteiger partial charge in [0, 0.05) is 11.3 Å². The van der Waals surface area contributed by atoms with Crippen LogP contribution in [-0.4, -0.2) is 25.6 Å². The standard InChI is InChI=1S/C17H17NO4/c1-3-22-17(20)13-7-4-8-14(10-13)18-16(19)12-6-5-9-15(11-12)21-2/h4-11H,3H2,1-2H3,(H,18,19). The topological polar surface area (TPSA) is 64.6 Å². The number of esters is 1. The lowest BCUT2D eigenvalue weighted by atomic mass is 10.1. The van der Waals surface area contributed by atoms with Gasteiger partial charge in [-0.05, 0) is 43.3 Å². The second-order valence-electron chi connectivity index (χ2n) is 4.49. The van der Waals surface area contributed by atoms with Crippen LogP contribution in [0.1, 0.15) is 27.6 Å². The van der Waals surface area contributed by atoms with E-state index in [2.05, 4.69) is 5.32 Å². The molecule has 2 aromatic rings. The van der Waals surface area contributed by atoms with Crippen molar-refractivity contribution in [3.63, 3.8) is 0 Å². The molecule has 0 aliphatic carbocycles.